The number of benzene rings is 2. The summed E-state index contributed by atoms with van der Waals surface area (Å²) in [5.74, 6) is 1.33. The fraction of sp³-hybridized carbons (Fsp3) is 0.333. The van der Waals surface area contributed by atoms with E-state index in [9.17, 15) is 18.0 Å². The smallest absolute Gasteiger partial charge is 0.418 e. The highest BCUT2D eigenvalue weighted by Crippen LogP contribution is 2.34. The van der Waals surface area contributed by atoms with E-state index in [1.807, 2.05) is 38.1 Å². The molecular weight excluding hydrogens is 433 g/mol. The van der Waals surface area contributed by atoms with Crippen molar-refractivity contribution in [2.45, 2.75) is 26.6 Å². The Morgan fingerprint density at radius 2 is 1.70 bits per heavy atom. The van der Waals surface area contributed by atoms with Crippen molar-refractivity contribution >= 4 is 11.7 Å². The van der Waals surface area contributed by atoms with Gasteiger partial charge in [0, 0.05) is 38.3 Å². The van der Waals surface area contributed by atoms with E-state index >= 15 is 0 Å². The highest BCUT2D eigenvalue weighted by molar-refractivity contribution is 5.90. The first kappa shape index (κ1) is 22.8. The highest BCUT2D eigenvalue weighted by atomic mass is 19.4. The van der Waals surface area contributed by atoms with Crippen molar-refractivity contribution in [2.75, 3.05) is 31.5 Å². The molecule has 1 saturated heterocycles. The first-order chi connectivity index (χ1) is 15.7. The van der Waals surface area contributed by atoms with Crippen LogP contribution >= 0.6 is 0 Å². The van der Waals surface area contributed by atoms with E-state index in [0.717, 1.165) is 28.6 Å². The second kappa shape index (κ2) is 9.27. The predicted octanol–water partition coefficient (Wildman–Crippen LogP) is 5.33. The molecule has 2 amide bonds. The highest BCUT2D eigenvalue weighted by Gasteiger charge is 2.34. The molecule has 0 unspecified atom stereocenters. The number of hydrogen-bond donors (Lipinski definition) is 1. The summed E-state index contributed by atoms with van der Waals surface area (Å²) < 4.78 is 45.4. The molecule has 6 nitrogen and oxygen atoms in total. The summed E-state index contributed by atoms with van der Waals surface area (Å²) >= 11 is 0. The Hall–Kier alpha value is -3.33. The Morgan fingerprint density at radius 3 is 2.39 bits per heavy atom. The van der Waals surface area contributed by atoms with Gasteiger partial charge in [-0.3, -0.25) is 4.90 Å². The quantitative estimate of drug-likeness (QED) is 0.574. The van der Waals surface area contributed by atoms with Gasteiger partial charge in [0.15, 0.2) is 0 Å². The molecule has 1 aliphatic heterocycles. The molecular formula is C24H25F3N4O2. The minimum Gasteiger partial charge on any atom is -0.441 e. The van der Waals surface area contributed by atoms with E-state index < -0.39 is 17.8 Å². The third-order valence-electron chi connectivity index (χ3n) is 5.78. The summed E-state index contributed by atoms with van der Waals surface area (Å²) in [5.41, 5.74) is 1.78. The molecule has 33 heavy (non-hydrogen) atoms. The van der Waals surface area contributed by atoms with Crippen LogP contribution in [0.25, 0.3) is 11.5 Å². The van der Waals surface area contributed by atoms with Gasteiger partial charge in [-0.25, -0.2) is 9.78 Å². The van der Waals surface area contributed by atoms with Crippen molar-refractivity contribution in [1.29, 1.82) is 0 Å². The van der Waals surface area contributed by atoms with E-state index in [1.165, 1.54) is 23.1 Å². The van der Waals surface area contributed by atoms with Gasteiger partial charge >= 0.3 is 12.2 Å². The van der Waals surface area contributed by atoms with Crippen LogP contribution < -0.4 is 5.32 Å². The molecule has 4 rings (SSSR count). The van der Waals surface area contributed by atoms with Crippen LogP contribution in [0.15, 0.2) is 52.9 Å². The number of anilines is 1. The molecule has 0 bridgehead atoms. The number of carbonyl (C=O) groups excluding carboxylic acids is 1. The van der Waals surface area contributed by atoms with Crippen LogP contribution in [0, 0.1) is 13.8 Å². The van der Waals surface area contributed by atoms with Gasteiger partial charge in [0.2, 0.25) is 5.89 Å². The number of oxazole rings is 1. The Labute approximate surface area is 190 Å². The number of nitrogens with zero attached hydrogens (tertiary/aromatic N) is 3. The number of halogens is 3. The van der Waals surface area contributed by atoms with Crippen LogP contribution in [0.2, 0.25) is 0 Å². The number of piperazine rings is 1. The number of alkyl halides is 3. The maximum Gasteiger partial charge on any atom is 0.418 e. The van der Waals surface area contributed by atoms with Gasteiger partial charge in [0.25, 0.3) is 0 Å². The second-order valence-electron chi connectivity index (χ2n) is 8.07. The normalized spacial score (nSPS) is 15.0. The first-order valence-corrected chi connectivity index (χ1v) is 10.7. The lowest BCUT2D eigenvalue weighted by atomic mass is 10.1. The van der Waals surface area contributed by atoms with Gasteiger partial charge in [-0.2, -0.15) is 13.2 Å². The number of nitrogens with one attached hydrogen (secondary N) is 1. The third kappa shape index (κ3) is 5.19. The second-order valence-corrected chi connectivity index (χ2v) is 8.07. The lowest BCUT2D eigenvalue weighted by Gasteiger charge is -2.34. The topological polar surface area (TPSA) is 61.6 Å². The van der Waals surface area contributed by atoms with Crippen molar-refractivity contribution in [3.63, 3.8) is 0 Å². The standard InChI is InChI=1S/C24H25F3N4O2/c1-16-7-3-4-8-18(16)22-28-21(17(2)33-22)15-30-11-13-31(14-12-30)23(32)29-20-10-6-5-9-19(20)24(25,26)27/h3-10H,11-15H2,1-2H3,(H,29,32). The fourth-order valence-electron chi connectivity index (χ4n) is 3.86. The predicted molar refractivity (Wildman–Crippen MR) is 119 cm³/mol. The van der Waals surface area contributed by atoms with Gasteiger partial charge in [-0.15, -0.1) is 0 Å². The van der Waals surface area contributed by atoms with E-state index in [-0.39, 0.29) is 5.69 Å². The van der Waals surface area contributed by atoms with Crippen LogP contribution in [-0.2, 0) is 12.7 Å². The molecule has 2 aromatic carbocycles. The zero-order valence-electron chi connectivity index (χ0n) is 18.4. The molecule has 3 aromatic rings. The molecule has 0 saturated carbocycles. The summed E-state index contributed by atoms with van der Waals surface area (Å²) in [4.78, 5) is 20.9. The molecule has 1 N–H and O–H groups in total. The van der Waals surface area contributed by atoms with Crippen molar-refractivity contribution in [2.24, 2.45) is 0 Å². The minimum atomic E-state index is -4.53. The molecule has 1 aromatic heterocycles. The lowest BCUT2D eigenvalue weighted by Crippen LogP contribution is -2.49. The van der Waals surface area contributed by atoms with E-state index in [0.29, 0.717) is 38.6 Å². The number of hydrogen-bond acceptors (Lipinski definition) is 4. The van der Waals surface area contributed by atoms with Gasteiger partial charge < -0.3 is 14.6 Å². The van der Waals surface area contributed by atoms with Crippen LogP contribution in [0.1, 0.15) is 22.6 Å². The zero-order chi connectivity index (χ0) is 23.6. The average molecular weight is 458 g/mol. The maximum absolute atomic E-state index is 13.2. The van der Waals surface area contributed by atoms with Crippen LogP contribution in [0.5, 0.6) is 0 Å². The van der Waals surface area contributed by atoms with Crippen molar-refractivity contribution in [3.8, 4) is 11.5 Å². The Bertz CT molecular complexity index is 1130. The zero-order valence-corrected chi connectivity index (χ0v) is 18.4. The SMILES string of the molecule is Cc1ccccc1-c1nc(CN2CCN(C(=O)Nc3ccccc3C(F)(F)F)CC2)c(C)o1. The lowest BCUT2D eigenvalue weighted by molar-refractivity contribution is -0.136. The average Bonchev–Trinajstić information content (AvgIpc) is 3.14. The Morgan fingerprint density at radius 1 is 1.03 bits per heavy atom. The van der Waals surface area contributed by atoms with E-state index in [2.05, 4.69) is 15.2 Å². The summed E-state index contributed by atoms with van der Waals surface area (Å²) in [6.07, 6.45) is -4.53. The Balaban J connectivity index is 1.36. The Kier molecular flexibility index (Phi) is 6.42. The van der Waals surface area contributed by atoms with Crippen LogP contribution in [-0.4, -0.2) is 47.0 Å². The summed E-state index contributed by atoms with van der Waals surface area (Å²) in [6, 6.07) is 12.3. The molecule has 2 heterocycles. The number of amides is 2. The number of rotatable bonds is 4. The summed E-state index contributed by atoms with van der Waals surface area (Å²) in [7, 11) is 0. The van der Waals surface area contributed by atoms with Crippen molar-refractivity contribution < 1.29 is 22.4 Å². The van der Waals surface area contributed by atoms with Gasteiger partial charge in [-0.1, -0.05) is 30.3 Å². The molecule has 1 fully saturated rings. The fourth-order valence-corrected chi connectivity index (χ4v) is 3.86. The number of carbonyl (C=O) groups is 1. The molecule has 0 spiro atoms. The third-order valence-corrected chi connectivity index (χ3v) is 5.78. The van der Waals surface area contributed by atoms with Gasteiger partial charge in [0.1, 0.15) is 5.76 Å². The molecule has 1 aliphatic rings. The molecule has 0 radical (unpaired) electrons. The summed E-state index contributed by atoms with van der Waals surface area (Å²) in [6.45, 7) is 6.44. The van der Waals surface area contributed by atoms with Gasteiger partial charge in [0.05, 0.1) is 16.9 Å². The van der Waals surface area contributed by atoms with Crippen molar-refractivity contribution in [3.05, 3.63) is 71.1 Å². The van der Waals surface area contributed by atoms with Crippen molar-refractivity contribution in [1.82, 2.24) is 14.8 Å². The van der Waals surface area contributed by atoms with E-state index in [4.69, 9.17) is 4.42 Å². The molecule has 0 atom stereocenters. The number of urea groups is 1. The monoisotopic (exact) mass is 458 g/mol. The molecule has 9 heteroatoms. The summed E-state index contributed by atoms with van der Waals surface area (Å²) in [5, 5.41) is 2.41. The van der Waals surface area contributed by atoms with Crippen LogP contribution in [0.3, 0.4) is 0 Å². The maximum atomic E-state index is 13.2. The first-order valence-electron chi connectivity index (χ1n) is 10.7. The van der Waals surface area contributed by atoms with E-state index in [1.54, 1.807) is 0 Å². The minimum absolute atomic E-state index is 0.237. The number of para-hydroxylation sites is 1. The molecule has 174 valence electrons. The number of aryl methyl sites for hydroxylation is 2. The largest absolute Gasteiger partial charge is 0.441 e. The number of aromatic nitrogens is 1. The van der Waals surface area contributed by atoms with Crippen LogP contribution in [0.4, 0.5) is 23.7 Å². The molecule has 0 aliphatic carbocycles. The van der Waals surface area contributed by atoms with Gasteiger partial charge in [-0.05, 0) is 37.6 Å².